The molecule has 2 fully saturated rings. The number of benzene rings is 1. The summed E-state index contributed by atoms with van der Waals surface area (Å²) in [6.45, 7) is 4.15. The van der Waals surface area contributed by atoms with Gasteiger partial charge in [0.15, 0.2) is 5.82 Å². The Bertz CT molecular complexity index is 700. The van der Waals surface area contributed by atoms with Gasteiger partial charge in [0.05, 0.1) is 17.6 Å². The quantitative estimate of drug-likeness (QED) is 0.945. The number of aromatic nitrogens is 2. The van der Waals surface area contributed by atoms with E-state index in [0.29, 0.717) is 12.0 Å². The van der Waals surface area contributed by atoms with E-state index in [1.807, 2.05) is 6.20 Å². The van der Waals surface area contributed by atoms with Crippen molar-refractivity contribution in [3.05, 3.63) is 41.7 Å². The molecule has 2 N–H and O–H groups in total. The van der Waals surface area contributed by atoms with Crippen LogP contribution >= 0.6 is 0 Å². The van der Waals surface area contributed by atoms with E-state index >= 15 is 0 Å². The number of rotatable bonds is 3. The van der Waals surface area contributed by atoms with Gasteiger partial charge in [0.1, 0.15) is 0 Å². The molecule has 1 saturated heterocycles. The number of nitrogens with two attached hydrogens (primary N) is 1. The van der Waals surface area contributed by atoms with Crippen molar-refractivity contribution >= 4 is 5.69 Å². The first-order valence-electron chi connectivity index (χ1n) is 8.65. The lowest BCUT2D eigenvalue weighted by Crippen LogP contribution is -2.40. The second-order valence-corrected chi connectivity index (χ2v) is 6.93. The maximum Gasteiger partial charge on any atom is 0.159 e. The molecule has 2 aliphatic rings. The lowest BCUT2D eigenvalue weighted by atomic mass is 10.0. The van der Waals surface area contributed by atoms with Crippen LogP contribution in [0, 0.1) is 6.92 Å². The summed E-state index contributed by atoms with van der Waals surface area (Å²) in [5.41, 5.74) is 10.9. The minimum Gasteiger partial charge on any atom is -0.369 e. The molecule has 2 aromatic rings. The van der Waals surface area contributed by atoms with Crippen LogP contribution in [0.15, 0.2) is 30.5 Å². The normalized spacial score (nSPS) is 19.1. The molecule has 1 aromatic heterocycles. The summed E-state index contributed by atoms with van der Waals surface area (Å²) in [6, 6.07) is 8.79. The zero-order valence-corrected chi connectivity index (χ0v) is 13.7. The van der Waals surface area contributed by atoms with E-state index in [0.717, 1.165) is 37.3 Å². The van der Waals surface area contributed by atoms with Gasteiger partial charge in [0, 0.05) is 30.6 Å². The number of hydrogen-bond donors (Lipinski definition) is 1. The van der Waals surface area contributed by atoms with E-state index in [1.54, 1.807) is 0 Å². The van der Waals surface area contributed by atoms with Crippen LogP contribution < -0.4 is 10.6 Å². The van der Waals surface area contributed by atoms with E-state index in [4.69, 9.17) is 10.7 Å². The molecule has 1 aromatic carbocycles. The van der Waals surface area contributed by atoms with Gasteiger partial charge in [-0.2, -0.15) is 0 Å². The molecule has 2 heterocycles. The van der Waals surface area contributed by atoms with Crippen molar-refractivity contribution in [2.45, 2.75) is 44.6 Å². The van der Waals surface area contributed by atoms with Gasteiger partial charge in [-0.25, -0.2) is 9.97 Å². The predicted octanol–water partition coefficient (Wildman–Crippen LogP) is 3.26. The second-order valence-electron chi connectivity index (χ2n) is 6.93. The van der Waals surface area contributed by atoms with E-state index in [9.17, 15) is 0 Å². The Balaban J connectivity index is 1.68. The highest BCUT2D eigenvalue weighted by Gasteiger charge is 2.31. The molecule has 4 nitrogen and oxygen atoms in total. The van der Waals surface area contributed by atoms with Crippen molar-refractivity contribution in [2.24, 2.45) is 5.73 Å². The molecular formula is C19H24N4. The molecule has 0 bridgehead atoms. The van der Waals surface area contributed by atoms with Crippen LogP contribution in [-0.4, -0.2) is 29.1 Å². The zero-order chi connectivity index (χ0) is 15.8. The predicted molar refractivity (Wildman–Crippen MR) is 93.6 cm³/mol. The van der Waals surface area contributed by atoms with Crippen LogP contribution in [0.3, 0.4) is 0 Å². The summed E-state index contributed by atoms with van der Waals surface area (Å²) in [4.78, 5) is 12.1. The molecule has 0 radical (unpaired) electrons. The summed E-state index contributed by atoms with van der Waals surface area (Å²) in [5, 5.41) is 0. The van der Waals surface area contributed by atoms with Crippen LogP contribution in [0.25, 0.3) is 11.4 Å². The van der Waals surface area contributed by atoms with Crippen molar-refractivity contribution in [1.82, 2.24) is 9.97 Å². The average molecular weight is 308 g/mol. The van der Waals surface area contributed by atoms with Crippen LogP contribution in [0.2, 0.25) is 0 Å². The number of hydrogen-bond acceptors (Lipinski definition) is 4. The largest absolute Gasteiger partial charge is 0.369 e. The summed E-state index contributed by atoms with van der Waals surface area (Å²) in [7, 11) is 0. The molecule has 0 amide bonds. The Kier molecular flexibility index (Phi) is 3.77. The summed E-state index contributed by atoms with van der Waals surface area (Å²) >= 11 is 0. The van der Waals surface area contributed by atoms with E-state index in [2.05, 4.69) is 41.1 Å². The van der Waals surface area contributed by atoms with Gasteiger partial charge >= 0.3 is 0 Å². The van der Waals surface area contributed by atoms with Crippen molar-refractivity contribution in [3.63, 3.8) is 0 Å². The monoisotopic (exact) mass is 308 g/mol. The van der Waals surface area contributed by atoms with E-state index in [-0.39, 0.29) is 0 Å². The molecular weight excluding hydrogens is 284 g/mol. The molecule has 0 spiro atoms. The van der Waals surface area contributed by atoms with Crippen molar-refractivity contribution in [1.29, 1.82) is 0 Å². The third-order valence-electron chi connectivity index (χ3n) is 4.92. The van der Waals surface area contributed by atoms with Crippen LogP contribution in [0.4, 0.5) is 5.69 Å². The van der Waals surface area contributed by atoms with Gasteiger partial charge in [0.25, 0.3) is 0 Å². The molecule has 120 valence electrons. The lowest BCUT2D eigenvalue weighted by Gasteiger charge is -2.32. The van der Waals surface area contributed by atoms with Crippen molar-refractivity contribution in [3.8, 4) is 11.4 Å². The first kappa shape index (κ1) is 14.6. The zero-order valence-electron chi connectivity index (χ0n) is 13.7. The molecule has 0 atom stereocenters. The minimum atomic E-state index is 0.350. The third kappa shape index (κ3) is 3.08. The van der Waals surface area contributed by atoms with E-state index in [1.165, 1.54) is 29.8 Å². The molecule has 1 aliphatic heterocycles. The molecule has 0 unspecified atom stereocenters. The van der Waals surface area contributed by atoms with Crippen LogP contribution in [0.1, 0.15) is 42.9 Å². The van der Waals surface area contributed by atoms with Crippen molar-refractivity contribution < 1.29 is 0 Å². The highest BCUT2D eigenvalue weighted by atomic mass is 15.2. The average Bonchev–Trinajstić information content (AvgIpc) is 3.40. The fourth-order valence-electron chi connectivity index (χ4n) is 3.35. The Hall–Kier alpha value is -1.94. The topological polar surface area (TPSA) is 55.0 Å². The minimum absolute atomic E-state index is 0.350. The number of piperidine rings is 1. The molecule has 4 heteroatoms. The lowest BCUT2D eigenvalue weighted by molar-refractivity contribution is 0.499. The van der Waals surface area contributed by atoms with Gasteiger partial charge in [-0.15, -0.1) is 0 Å². The van der Waals surface area contributed by atoms with Gasteiger partial charge < -0.3 is 10.6 Å². The summed E-state index contributed by atoms with van der Waals surface area (Å²) in [5.74, 6) is 1.47. The Morgan fingerprint density at radius 1 is 1.13 bits per heavy atom. The van der Waals surface area contributed by atoms with Crippen molar-refractivity contribution in [2.75, 3.05) is 18.0 Å². The third-order valence-corrected chi connectivity index (χ3v) is 4.92. The van der Waals surface area contributed by atoms with E-state index < -0.39 is 0 Å². The summed E-state index contributed by atoms with van der Waals surface area (Å²) in [6.07, 6.45) is 6.66. The highest BCUT2D eigenvalue weighted by Crippen LogP contribution is 2.44. The number of nitrogens with zero attached hydrogens (tertiary/aromatic N) is 3. The first-order valence-corrected chi connectivity index (χ1v) is 8.65. The van der Waals surface area contributed by atoms with Gasteiger partial charge in [-0.05, 0) is 38.7 Å². The highest BCUT2D eigenvalue weighted by molar-refractivity contribution is 5.60. The van der Waals surface area contributed by atoms with Gasteiger partial charge in [0.2, 0.25) is 0 Å². The summed E-state index contributed by atoms with van der Waals surface area (Å²) < 4.78 is 0. The van der Waals surface area contributed by atoms with Gasteiger partial charge in [-0.3, -0.25) is 0 Å². The Morgan fingerprint density at radius 3 is 2.61 bits per heavy atom. The smallest absolute Gasteiger partial charge is 0.159 e. The second kappa shape index (κ2) is 5.93. The van der Waals surface area contributed by atoms with Crippen LogP contribution in [0.5, 0.6) is 0 Å². The standard InChI is InChI=1S/C19H24N4/c1-13-3-2-4-15(11-13)19-21-12-17(18(22-19)14-5-6-14)23-9-7-16(20)8-10-23/h2-4,11-12,14,16H,5-10,20H2,1H3. The molecule has 23 heavy (non-hydrogen) atoms. The first-order chi connectivity index (χ1) is 11.2. The Morgan fingerprint density at radius 2 is 1.91 bits per heavy atom. The van der Waals surface area contributed by atoms with Crippen LogP contribution in [-0.2, 0) is 0 Å². The fourth-order valence-corrected chi connectivity index (χ4v) is 3.35. The molecule has 1 saturated carbocycles. The molecule has 1 aliphatic carbocycles. The maximum absolute atomic E-state index is 6.04. The number of aryl methyl sites for hydroxylation is 1. The van der Waals surface area contributed by atoms with Gasteiger partial charge in [-0.1, -0.05) is 23.8 Å². The maximum atomic E-state index is 6.04. The fraction of sp³-hybridized carbons (Fsp3) is 0.474. The number of anilines is 1. The SMILES string of the molecule is Cc1cccc(-c2ncc(N3CCC(N)CC3)c(C3CC3)n2)c1. The Labute approximate surface area is 137 Å². The molecule has 4 rings (SSSR count).